The smallest absolute Gasteiger partial charge is 0.251 e. The molecule has 4 aliphatic heterocycles. The van der Waals surface area contributed by atoms with E-state index >= 15 is 0 Å². The van der Waals surface area contributed by atoms with Gasteiger partial charge in [0.2, 0.25) is 11.8 Å². The van der Waals surface area contributed by atoms with Crippen LogP contribution >= 0.6 is 11.8 Å². The Morgan fingerprint density at radius 2 is 1.76 bits per heavy atom. The summed E-state index contributed by atoms with van der Waals surface area (Å²) in [7, 11) is 1.76. The minimum atomic E-state index is -0.874. The van der Waals surface area contributed by atoms with Crippen molar-refractivity contribution in [2.75, 3.05) is 49.6 Å². The fraction of sp³-hybridized carbons (Fsp3) is 0.536. The number of fused-ring (bicyclic) bond motifs is 2. The van der Waals surface area contributed by atoms with E-state index in [1.54, 1.807) is 40.4 Å². The molecule has 2 saturated heterocycles. The first kappa shape index (κ1) is 25.9. The van der Waals surface area contributed by atoms with Crippen LogP contribution in [0.2, 0.25) is 0 Å². The van der Waals surface area contributed by atoms with E-state index in [2.05, 4.69) is 18.7 Å². The average molecular weight is 525 g/mol. The van der Waals surface area contributed by atoms with Crippen LogP contribution in [0.25, 0.3) is 0 Å². The lowest BCUT2D eigenvalue weighted by atomic mass is 9.78. The van der Waals surface area contributed by atoms with Gasteiger partial charge in [-0.1, -0.05) is 24.3 Å². The first-order valence-electron chi connectivity index (χ1n) is 13.2. The van der Waals surface area contributed by atoms with Gasteiger partial charge in [-0.05, 0) is 45.0 Å². The maximum absolute atomic E-state index is 14.4. The van der Waals surface area contributed by atoms with Crippen LogP contribution in [0, 0.1) is 11.8 Å². The first-order chi connectivity index (χ1) is 17.8. The SMILES string of the molecule is CCN(CC)c1ccc(N2CC=C[C@]34S[C@@H]5C=CCN(C)C(=O)[C@@H]5[C@H]3C(=O)N([C@H](C)CO)C4C2=O)cc1. The van der Waals surface area contributed by atoms with Crippen LogP contribution in [-0.2, 0) is 14.4 Å². The summed E-state index contributed by atoms with van der Waals surface area (Å²) in [6.45, 7) is 8.41. The molecule has 1 aromatic carbocycles. The largest absolute Gasteiger partial charge is 0.394 e. The standard InChI is InChI=1S/C28H36N4O4S/c1-5-30(6-2)19-10-12-20(13-11-19)31-16-8-14-28-23(22-21(37-28)9-7-15-29(4)25(22)34)26(35)32(18(3)17-33)24(28)27(31)36/h7-14,18,21-24,33H,5-6,15-17H2,1-4H3/t18-,21-,22+,23+,24?,28+/m1/s1. The Morgan fingerprint density at radius 3 is 2.41 bits per heavy atom. The Balaban J connectivity index is 1.57. The third-order valence-corrected chi connectivity index (χ3v) is 10.1. The Morgan fingerprint density at radius 1 is 1.05 bits per heavy atom. The van der Waals surface area contributed by atoms with Crippen LogP contribution in [0.3, 0.4) is 0 Å². The zero-order chi connectivity index (χ0) is 26.5. The van der Waals surface area contributed by atoms with Gasteiger partial charge in [-0.2, -0.15) is 0 Å². The molecule has 4 heterocycles. The quantitative estimate of drug-likeness (QED) is 0.574. The number of carbonyl (C=O) groups excluding carboxylic acids is 3. The van der Waals surface area contributed by atoms with Crippen LogP contribution < -0.4 is 9.80 Å². The highest BCUT2D eigenvalue weighted by Crippen LogP contribution is 2.61. The lowest BCUT2D eigenvalue weighted by molar-refractivity contribution is -0.143. The molecule has 198 valence electrons. The van der Waals surface area contributed by atoms with Gasteiger partial charge in [0.15, 0.2) is 0 Å². The number of carbonyl (C=O) groups is 3. The zero-order valence-corrected chi connectivity index (χ0v) is 22.7. The number of amides is 3. The maximum Gasteiger partial charge on any atom is 0.251 e. The summed E-state index contributed by atoms with van der Waals surface area (Å²) in [5.74, 6) is -1.67. The molecule has 3 amide bonds. The summed E-state index contributed by atoms with van der Waals surface area (Å²) in [5, 5.41) is 9.89. The van der Waals surface area contributed by atoms with Crippen LogP contribution in [-0.4, -0.2) is 94.5 Å². The molecule has 6 atom stereocenters. The number of likely N-dealkylation sites (tertiary alicyclic amines) is 1. The summed E-state index contributed by atoms with van der Waals surface area (Å²) >= 11 is 1.56. The van der Waals surface area contributed by atoms with E-state index in [4.69, 9.17) is 0 Å². The van der Waals surface area contributed by atoms with Crippen molar-refractivity contribution in [2.24, 2.45) is 11.8 Å². The number of nitrogens with zero attached hydrogens (tertiary/aromatic N) is 4. The second-order valence-corrected chi connectivity index (χ2v) is 11.8. The minimum absolute atomic E-state index is 0.0658. The van der Waals surface area contributed by atoms with E-state index in [0.29, 0.717) is 13.1 Å². The monoisotopic (exact) mass is 524 g/mol. The molecule has 2 fully saturated rings. The molecular formula is C28H36N4O4S. The molecule has 5 rings (SSSR count). The number of anilines is 2. The third kappa shape index (κ3) is 3.89. The third-order valence-electron chi connectivity index (χ3n) is 8.33. The lowest BCUT2D eigenvalue weighted by Gasteiger charge is -2.37. The van der Waals surface area contributed by atoms with Gasteiger partial charge in [-0.15, -0.1) is 11.8 Å². The van der Waals surface area contributed by atoms with Crippen molar-refractivity contribution in [1.29, 1.82) is 0 Å². The van der Waals surface area contributed by atoms with Crippen LogP contribution in [0.4, 0.5) is 11.4 Å². The number of likely N-dealkylation sites (N-methyl/N-ethyl adjacent to an activating group) is 1. The number of hydrogen-bond acceptors (Lipinski definition) is 6. The van der Waals surface area contributed by atoms with Crippen molar-refractivity contribution in [2.45, 2.75) is 42.9 Å². The van der Waals surface area contributed by atoms with Crippen molar-refractivity contribution < 1.29 is 19.5 Å². The van der Waals surface area contributed by atoms with E-state index in [0.717, 1.165) is 24.5 Å². The number of aliphatic hydroxyl groups is 1. The van der Waals surface area contributed by atoms with Gasteiger partial charge < -0.3 is 24.7 Å². The van der Waals surface area contributed by atoms with E-state index in [-0.39, 0.29) is 29.6 Å². The van der Waals surface area contributed by atoms with Gasteiger partial charge in [0, 0.05) is 49.9 Å². The second kappa shape index (κ2) is 9.83. The molecule has 4 aliphatic rings. The van der Waals surface area contributed by atoms with Crippen molar-refractivity contribution in [3.8, 4) is 0 Å². The lowest BCUT2D eigenvalue weighted by Crippen LogP contribution is -2.56. The molecule has 1 N–H and O–H groups in total. The van der Waals surface area contributed by atoms with Crippen molar-refractivity contribution in [3.63, 3.8) is 0 Å². The predicted molar refractivity (Wildman–Crippen MR) is 147 cm³/mol. The van der Waals surface area contributed by atoms with Gasteiger partial charge >= 0.3 is 0 Å². The second-order valence-electron chi connectivity index (χ2n) is 10.3. The number of benzene rings is 1. The van der Waals surface area contributed by atoms with Gasteiger partial charge in [0.05, 0.1) is 29.2 Å². The molecule has 8 nitrogen and oxygen atoms in total. The average Bonchev–Trinajstić information content (AvgIpc) is 3.24. The maximum atomic E-state index is 14.4. The molecule has 0 aromatic heterocycles. The minimum Gasteiger partial charge on any atom is -0.394 e. The van der Waals surface area contributed by atoms with E-state index < -0.39 is 28.7 Å². The summed E-state index contributed by atoms with van der Waals surface area (Å²) in [6.07, 6.45) is 7.99. The zero-order valence-electron chi connectivity index (χ0n) is 21.9. The topological polar surface area (TPSA) is 84.4 Å². The van der Waals surface area contributed by atoms with Gasteiger partial charge in [0.1, 0.15) is 6.04 Å². The highest BCUT2D eigenvalue weighted by molar-refractivity contribution is 8.02. The fourth-order valence-corrected chi connectivity index (χ4v) is 8.42. The van der Waals surface area contributed by atoms with Gasteiger partial charge in [-0.3, -0.25) is 14.4 Å². The Kier molecular flexibility index (Phi) is 6.87. The van der Waals surface area contributed by atoms with E-state index in [1.807, 2.05) is 48.6 Å². The Bertz CT molecular complexity index is 1130. The van der Waals surface area contributed by atoms with Crippen LogP contribution in [0.1, 0.15) is 20.8 Å². The Labute approximate surface area is 222 Å². The van der Waals surface area contributed by atoms with Crippen LogP contribution in [0.5, 0.6) is 0 Å². The molecule has 1 spiro atoms. The number of hydrogen-bond donors (Lipinski definition) is 1. The highest BCUT2D eigenvalue weighted by atomic mass is 32.2. The number of rotatable bonds is 6. The van der Waals surface area contributed by atoms with E-state index in [9.17, 15) is 19.5 Å². The van der Waals surface area contributed by atoms with Gasteiger partial charge in [-0.25, -0.2) is 0 Å². The van der Waals surface area contributed by atoms with Crippen molar-refractivity contribution in [3.05, 3.63) is 48.6 Å². The Hall–Kier alpha value is -2.78. The summed E-state index contributed by atoms with van der Waals surface area (Å²) < 4.78 is -0.874. The molecule has 1 aromatic rings. The molecule has 1 unspecified atom stereocenters. The predicted octanol–water partition coefficient (Wildman–Crippen LogP) is 2.14. The molecule has 0 bridgehead atoms. The van der Waals surface area contributed by atoms with E-state index in [1.165, 1.54) is 0 Å². The molecule has 37 heavy (non-hydrogen) atoms. The summed E-state index contributed by atoms with van der Waals surface area (Å²) in [6, 6.07) is 6.61. The molecule has 0 saturated carbocycles. The van der Waals surface area contributed by atoms with Gasteiger partial charge in [0.25, 0.3) is 5.91 Å². The summed E-state index contributed by atoms with van der Waals surface area (Å²) in [4.78, 5) is 49.1. The summed E-state index contributed by atoms with van der Waals surface area (Å²) in [5.41, 5.74) is 1.86. The van der Waals surface area contributed by atoms with Crippen molar-refractivity contribution in [1.82, 2.24) is 9.80 Å². The van der Waals surface area contributed by atoms with Crippen LogP contribution in [0.15, 0.2) is 48.6 Å². The number of aliphatic hydroxyl groups excluding tert-OH is 1. The first-order valence-corrected chi connectivity index (χ1v) is 14.0. The molecule has 9 heteroatoms. The molecular weight excluding hydrogens is 488 g/mol. The highest BCUT2D eigenvalue weighted by Gasteiger charge is 2.71. The van der Waals surface area contributed by atoms with Crippen molar-refractivity contribution >= 4 is 40.9 Å². The fourth-order valence-electron chi connectivity index (χ4n) is 6.43. The molecule has 0 aliphatic carbocycles. The molecule has 0 radical (unpaired) electrons. The normalized spacial score (nSPS) is 31.7. The number of thioether (sulfide) groups is 1.